The van der Waals surface area contributed by atoms with Crippen LogP contribution in [-0.2, 0) is 18.3 Å². The summed E-state index contributed by atoms with van der Waals surface area (Å²) < 4.78 is 6.83. The van der Waals surface area contributed by atoms with E-state index in [9.17, 15) is 0 Å². The van der Waals surface area contributed by atoms with Gasteiger partial charge in [0.25, 0.3) is 0 Å². The molecule has 0 bridgehead atoms. The molecule has 2 heterocycles. The van der Waals surface area contributed by atoms with Crippen LogP contribution in [0.5, 0.6) is 0 Å². The Balaban J connectivity index is 1.83. The minimum atomic E-state index is -0.194. The summed E-state index contributed by atoms with van der Waals surface area (Å²) in [6.07, 6.45) is 4.04. The average Bonchev–Trinajstić information content (AvgIpc) is 3.16. The SMILES string of the molecule is CC(C)Cc1ccc2c3c1oc1c(CC(C)C)cnc(c13)-c1ccc3ccccc3c1C2(C)C. The molecule has 0 amide bonds. The molecule has 1 aliphatic carbocycles. The summed E-state index contributed by atoms with van der Waals surface area (Å²) in [5, 5.41) is 5.07. The zero-order valence-corrected chi connectivity index (χ0v) is 21.1. The van der Waals surface area contributed by atoms with Crippen LogP contribution in [0.25, 0.3) is 44.0 Å². The smallest absolute Gasteiger partial charge is 0.142 e. The van der Waals surface area contributed by atoms with Crippen molar-refractivity contribution in [1.82, 2.24) is 4.98 Å². The van der Waals surface area contributed by atoms with Gasteiger partial charge in [0.05, 0.1) is 11.1 Å². The molecule has 6 rings (SSSR count). The molecule has 0 fully saturated rings. The van der Waals surface area contributed by atoms with Crippen molar-refractivity contribution in [1.29, 1.82) is 0 Å². The summed E-state index contributed by atoms with van der Waals surface area (Å²) in [5.41, 5.74) is 9.42. The number of benzene rings is 3. The van der Waals surface area contributed by atoms with Crippen LogP contribution in [-0.4, -0.2) is 4.98 Å². The third kappa shape index (κ3) is 2.97. The molecular formula is C32H33NO. The lowest BCUT2D eigenvalue weighted by Gasteiger charge is -2.29. The molecule has 0 aliphatic heterocycles. The van der Waals surface area contributed by atoms with E-state index in [1.165, 1.54) is 49.4 Å². The fraction of sp³-hybridized carbons (Fsp3) is 0.344. The van der Waals surface area contributed by atoms with E-state index in [0.717, 1.165) is 29.7 Å². The molecule has 2 aromatic heterocycles. The predicted octanol–water partition coefficient (Wildman–Crippen LogP) is 8.84. The first-order valence-electron chi connectivity index (χ1n) is 12.7. The van der Waals surface area contributed by atoms with Crippen LogP contribution in [0.15, 0.2) is 59.1 Å². The second kappa shape index (κ2) is 7.43. The number of nitrogens with zero attached hydrogens (tertiary/aromatic N) is 1. The normalized spacial score (nSPS) is 14.6. The molecule has 3 aromatic carbocycles. The van der Waals surface area contributed by atoms with Crippen LogP contribution < -0.4 is 0 Å². The fourth-order valence-electron chi connectivity index (χ4n) is 6.16. The molecule has 0 spiro atoms. The lowest BCUT2D eigenvalue weighted by Crippen LogP contribution is -2.20. The molecule has 5 aromatic rings. The van der Waals surface area contributed by atoms with Gasteiger partial charge in [-0.05, 0) is 52.1 Å². The summed E-state index contributed by atoms with van der Waals surface area (Å²) in [5.74, 6) is 1.10. The summed E-state index contributed by atoms with van der Waals surface area (Å²) in [7, 11) is 0. The minimum Gasteiger partial charge on any atom is -0.455 e. The van der Waals surface area contributed by atoms with Crippen molar-refractivity contribution in [3.63, 3.8) is 0 Å². The molecule has 0 unspecified atom stereocenters. The van der Waals surface area contributed by atoms with Gasteiger partial charge in [-0.25, -0.2) is 0 Å². The second-order valence-corrected chi connectivity index (χ2v) is 11.4. The van der Waals surface area contributed by atoms with E-state index in [4.69, 9.17) is 9.40 Å². The zero-order valence-electron chi connectivity index (χ0n) is 21.1. The monoisotopic (exact) mass is 447 g/mol. The molecular weight excluding hydrogens is 414 g/mol. The lowest BCUT2D eigenvalue weighted by atomic mass is 9.73. The second-order valence-electron chi connectivity index (χ2n) is 11.4. The Morgan fingerprint density at radius 3 is 2.26 bits per heavy atom. The summed E-state index contributed by atoms with van der Waals surface area (Å²) in [6, 6.07) is 18.0. The van der Waals surface area contributed by atoms with Crippen LogP contribution in [0.1, 0.15) is 63.8 Å². The molecule has 172 valence electrons. The Bertz CT molecular complexity index is 1580. The molecule has 2 heteroatoms. The van der Waals surface area contributed by atoms with E-state index in [2.05, 4.69) is 96.3 Å². The van der Waals surface area contributed by atoms with Crippen LogP contribution in [0.2, 0.25) is 0 Å². The zero-order chi connectivity index (χ0) is 23.8. The van der Waals surface area contributed by atoms with Gasteiger partial charge >= 0.3 is 0 Å². The molecule has 2 nitrogen and oxygen atoms in total. The highest BCUT2D eigenvalue weighted by atomic mass is 16.3. The Morgan fingerprint density at radius 1 is 0.794 bits per heavy atom. The third-order valence-corrected chi connectivity index (χ3v) is 7.54. The molecule has 0 radical (unpaired) electrons. The van der Waals surface area contributed by atoms with Gasteiger partial charge < -0.3 is 4.42 Å². The fourth-order valence-corrected chi connectivity index (χ4v) is 6.16. The number of fused-ring (bicyclic) bond motifs is 4. The van der Waals surface area contributed by atoms with E-state index >= 15 is 0 Å². The lowest BCUT2D eigenvalue weighted by molar-refractivity contribution is 0.606. The van der Waals surface area contributed by atoms with Crippen molar-refractivity contribution in [3.8, 4) is 11.3 Å². The highest BCUT2D eigenvalue weighted by molar-refractivity contribution is 6.17. The van der Waals surface area contributed by atoms with Crippen LogP contribution in [0.4, 0.5) is 0 Å². The van der Waals surface area contributed by atoms with E-state index in [0.29, 0.717) is 11.8 Å². The Kier molecular flexibility index (Phi) is 4.68. The standard InChI is InChI=1S/C32H33NO/c1-18(2)15-21-12-14-25-26-27-29(33-17-22(16-19(3)4)31(27)34-30(21)26)24-13-11-20-9-7-8-10-23(20)28(24)32(25,5)6/h7-14,17-19H,15-16H2,1-6H3. The first-order valence-corrected chi connectivity index (χ1v) is 12.7. The predicted molar refractivity (Wildman–Crippen MR) is 144 cm³/mol. The maximum atomic E-state index is 6.83. The number of pyridine rings is 1. The van der Waals surface area contributed by atoms with Crippen molar-refractivity contribution < 1.29 is 4.42 Å². The van der Waals surface area contributed by atoms with Crippen molar-refractivity contribution in [3.05, 3.63) is 77.0 Å². The average molecular weight is 448 g/mol. The summed E-state index contributed by atoms with van der Waals surface area (Å²) in [6.45, 7) is 13.8. The molecule has 34 heavy (non-hydrogen) atoms. The molecule has 0 N–H and O–H groups in total. The van der Waals surface area contributed by atoms with E-state index in [1.54, 1.807) is 0 Å². The Morgan fingerprint density at radius 2 is 1.50 bits per heavy atom. The van der Waals surface area contributed by atoms with E-state index in [-0.39, 0.29) is 5.41 Å². The summed E-state index contributed by atoms with van der Waals surface area (Å²) >= 11 is 0. The topological polar surface area (TPSA) is 26.0 Å². The van der Waals surface area contributed by atoms with Gasteiger partial charge in [-0.1, -0.05) is 90.1 Å². The molecule has 0 saturated heterocycles. The van der Waals surface area contributed by atoms with E-state index in [1.807, 2.05) is 0 Å². The third-order valence-electron chi connectivity index (χ3n) is 7.54. The summed E-state index contributed by atoms with van der Waals surface area (Å²) in [4.78, 5) is 5.15. The van der Waals surface area contributed by atoms with E-state index < -0.39 is 0 Å². The van der Waals surface area contributed by atoms with Crippen molar-refractivity contribution >= 4 is 32.7 Å². The van der Waals surface area contributed by atoms with Gasteiger partial charge in [0.2, 0.25) is 0 Å². The van der Waals surface area contributed by atoms with Gasteiger partial charge in [0.1, 0.15) is 11.2 Å². The molecule has 0 saturated carbocycles. The van der Waals surface area contributed by atoms with Crippen LogP contribution >= 0.6 is 0 Å². The highest BCUT2D eigenvalue weighted by Gasteiger charge is 2.36. The Labute approximate surface area is 202 Å². The highest BCUT2D eigenvalue weighted by Crippen LogP contribution is 2.52. The number of furan rings is 1. The number of rotatable bonds is 4. The quantitative estimate of drug-likeness (QED) is 0.275. The first kappa shape index (κ1) is 21.4. The van der Waals surface area contributed by atoms with Gasteiger partial charge in [-0.2, -0.15) is 0 Å². The molecule has 1 aliphatic rings. The van der Waals surface area contributed by atoms with Gasteiger partial charge in [0, 0.05) is 28.1 Å². The van der Waals surface area contributed by atoms with Crippen molar-refractivity contribution in [2.75, 3.05) is 0 Å². The van der Waals surface area contributed by atoms with Crippen LogP contribution in [0.3, 0.4) is 0 Å². The van der Waals surface area contributed by atoms with Gasteiger partial charge in [0.15, 0.2) is 0 Å². The Hall–Kier alpha value is -3.13. The van der Waals surface area contributed by atoms with Crippen molar-refractivity contribution in [2.45, 2.75) is 59.8 Å². The largest absolute Gasteiger partial charge is 0.455 e. The number of hydrogen-bond donors (Lipinski definition) is 0. The number of aromatic nitrogens is 1. The number of hydrogen-bond acceptors (Lipinski definition) is 2. The first-order chi connectivity index (χ1) is 16.3. The molecule has 0 atom stereocenters. The van der Waals surface area contributed by atoms with Gasteiger partial charge in [-0.3, -0.25) is 4.98 Å². The van der Waals surface area contributed by atoms with Crippen molar-refractivity contribution in [2.24, 2.45) is 11.8 Å². The minimum absolute atomic E-state index is 0.194. The van der Waals surface area contributed by atoms with Crippen LogP contribution in [0, 0.1) is 11.8 Å². The maximum absolute atomic E-state index is 6.83. The van der Waals surface area contributed by atoms with Gasteiger partial charge in [-0.15, -0.1) is 0 Å². The maximum Gasteiger partial charge on any atom is 0.142 e.